The summed E-state index contributed by atoms with van der Waals surface area (Å²) in [5, 5.41) is 2.54. The maximum absolute atomic E-state index is 12.8. The first-order valence-corrected chi connectivity index (χ1v) is 10.5. The zero-order valence-corrected chi connectivity index (χ0v) is 16.8. The molecule has 0 radical (unpaired) electrons. The highest BCUT2D eigenvalue weighted by atomic mass is 32.2. The van der Waals surface area contributed by atoms with E-state index in [4.69, 9.17) is 0 Å². The number of nitrogens with one attached hydrogen (secondary N) is 1. The van der Waals surface area contributed by atoms with Gasteiger partial charge in [-0.25, -0.2) is 8.42 Å². The molecule has 2 rings (SSSR count). The van der Waals surface area contributed by atoms with Crippen LogP contribution in [0.15, 0.2) is 48.5 Å². The molecule has 1 atom stereocenters. The molecule has 0 aliphatic carbocycles. The predicted octanol–water partition coefficient (Wildman–Crippen LogP) is 4.08. The lowest BCUT2D eigenvalue weighted by Crippen LogP contribution is -2.47. The van der Waals surface area contributed by atoms with Crippen molar-refractivity contribution in [3.63, 3.8) is 0 Å². The van der Waals surface area contributed by atoms with Crippen molar-refractivity contribution in [1.82, 2.24) is 0 Å². The number of aryl methyl sites for hydroxylation is 1. The maximum Gasteiger partial charge on any atom is 0.573 e. The normalized spacial score (nSPS) is 12.9. The maximum atomic E-state index is 12.8. The van der Waals surface area contributed by atoms with Gasteiger partial charge in [-0.15, -0.1) is 13.2 Å². The van der Waals surface area contributed by atoms with E-state index < -0.39 is 34.1 Å². The summed E-state index contributed by atoms with van der Waals surface area (Å²) >= 11 is 0. The Balaban J connectivity index is 2.26. The third kappa shape index (κ3) is 6.38. The summed E-state index contributed by atoms with van der Waals surface area (Å²) in [5.74, 6) is -1.04. The number of rotatable bonds is 7. The molecule has 0 bridgehead atoms. The average molecular weight is 430 g/mol. The Morgan fingerprint density at radius 3 is 2.28 bits per heavy atom. The van der Waals surface area contributed by atoms with Crippen molar-refractivity contribution >= 4 is 27.3 Å². The average Bonchev–Trinajstić information content (AvgIpc) is 2.58. The van der Waals surface area contributed by atoms with Gasteiger partial charge >= 0.3 is 6.36 Å². The SMILES string of the molecule is CCC(C(=O)Nc1ccc(OC(F)(F)F)cc1)N(c1cccc(C)c1)S(C)(=O)=O. The molecule has 0 saturated carbocycles. The monoisotopic (exact) mass is 430 g/mol. The lowest BCUT2D eigenvalue weighted by Gasteiger charge is -2.30. The van der Waals surface area contributed by atoms with Gasteiger partial charge < -0.3 is 10.1 Å². The molecular weight excluding hydrogens is 409 g/mol. The molecule has 0 aliphatic rings. The zero-order valence-electron chi connectivity index (χ0n) is 16.0. The highest BCUT2D eigenvalue weighted by molar-refractivity contribution is 7.92. The molecule has 29 heavy (non-hydrogen) atoms. The minimum atomic E-state index is -4.82. The summed E-state index contributed by atoms with van der Waals surface area (Å²) in [7, 11) is -3.78. The number of nitrogens with zero attached hydrogens (tertiary/aromatic N) is 1. The first-order chi connectivity index (χ1) is 13.4. The molecule has 158 valence electrons. The summed E-state index contributed by atoms with van der Waals surface area (Å²) in [5.41, 5.74) is 1.38. The molecule has 1 amide bonds. The van der Waals surface area contributed by atoms with E-state index in [1.807, 2.05) is 0 Å². The Hall–Kier alpha value is -2.75. The lowest BCUT2D eigenvalue weighted by molar-refractivity contribution is -0.274. The van der Waals surface area contributed by atoms with Gasteiger partial charge in [0.2, 0.25) is 15.9 Å². The Bertz CT molecular complexity index is 960. The molecule has 0 saturated heterocycles. The van der Waals surface area contributed by atoms with Crippen LogP contribution in [-0.4, -0.2) is 33.0 Å². The van der Waals surface area contributed by atoms with Crippen molar-refractivity contribution in [3.05, 3.63) is 54.1 Å². The third-order valence-corrected chi connectivity index (χ3v) is 5.12. The zero-order chi connectivity index (χ0) is 21.8. The molecule has 6 nitrogen and oxygen atoms in total. The Labute approximate surface area is 167 Å². The molecular formula is C19H21F3N2O4S. The van der Waals surface area contributed by atoms with Crippen LogP contribution >= 0.6 is 0 Å². The van der Waals surface area contributed by atoms with Crippen LogP contribution in [0.5, 0.6) is 5.75 Å². The van der Waals surface area contributed by atoms with Crippen LogP contribution in [0, 0.1) is 6.92 Å². The van der Waals surface area contributed by atoms with Crippen LogP contribution in [0.2, 0.25) is 0 Å². The number of amides is 1. The second kappa shape index (κ2) is 8.73. The van der Waals surface area contributed by atoms with E-state index >= 15 is 0 Å². The van der Waals surface area contributed by atoms with Gasteiger partial charge in [-0.3, -0.25) is 9.10 Å². The molecule has 10 heteroatoms. The fourth-order valence-corrected chi connectivity index (χ4v) is 3.99. The van der Waals surface area contributed by atoms with Gasteiger partial charge in [0.15, 0.2) is 0 Å². The number of hydrogen-bond acceptors (Lipinski definition) is 4. The summed E-state index contributed by atoms with van der Waals surface area (Å²) in [6.07, 6.45) is -3.63. The minimum Gasteiger partial charge on any atom is -0.406 e. The van der Waals surface area contributed by atoms with Crippen molar-refractivity contribution in [2.24, 2.45) is 0 Å². The van der Waals surface area contributed by atoms with Crippen LogP contribution in [-0.2, 0) is 14.8 Å². The molecule has 0 fully saturated rings. The summed E-state index contributed by atoms with van der Waals surface area (Å²) in [6.45, 7) is 3.47. The number of alkyl halides is 3. The Morgan fingerprint density at radius 2 is 1.79 bits per heavy atom. The first kappa shape index (κ1) is 22.5. The van der Waals surface area contributed by atoms with Crippen LogP contribution < -0.4 is 14.4 Å². The number of ether oxygens (including phenoxy) is 1. The smallest absolute Gasteiger partial charge is 0.406 e. The van der Waals surface area contributed by atoms with Gasteiger partial charge in [-0.2, -0.15) is 0 Å². The van der Waals surface area contributed by atoms with Gasteiger partial charge in [-0.05, 0) is 55.3 Å². The molecule has 0 spiro atoms. The van der Waals surface area contributed by atoms with E-state index in [0.29, 0.717) is 5.69 Å². The molecule has 0 aromatic heterocycles. The fraction of sp³-hybridized carbons (Fsp3) is 0.316. The van der Waals surface area contributed by atoms with Crippen molar-refractivity contribution in [2.45, 2.75) is 32.7 Å². The van der Waals surface area contributed by atoms with Crippen molar-refractivity contribution in [2.75, 3.05) is 15.9 Å². The Morgan fingerprint density at radius 1 is 1.17 bits per heavy atom. The van der Waals surface area contributed by atoms with E-state index in [9.17, 15) is 26.4 Å². The lowest BCUT2D eigenvalue weighted by atomic mass is 10.1. The summed E-state index contributed by atoms with van der Waals surface area (Å²) < 4.78 is 66.3. The number of carbonyl (C=O) groups excluding carboxylic acids is 1. The minimum absolute atomic E-state index is 0.183. The number of hydrogen-bond donors (Lipinski definition) is 1. The quantitative estimate of drug-likeness (QED) is 0.718. The highest BCUT2D eigenvalue weighted by Gasteiger charge is 2.32. The van der Waals surface area contributed by atoms with Gasteiger partial charge in [0.25, 0.3) is 0 Å². The van der Waals surface area contributed by atoms with E-state index in [-0.39, 0.29) is 12.1 Å². The molecule has 2 aromatic rings. The van der Waals surface area contributed by atoms with E-state index in [0.717, 1.165) is 28.3 Å². The summed E-state index contributed by atoms with van der Waals surface area (Å²) in [6, 6.07) is 10.3. The largest absolute Gasteiger partial charge is 0.573 e. The van der Waals surface area contributed by atoms with Crippen LogP contribution in [0.4, 0.5) is 24.5 Å². The second-order valence-corrected chi connectivity index (χ2v) is 8.24. The highest BCUT2D eigenvalue weighted by Crippen LogP contribution is 2.26. The molecule has 2 aromatic carbocycles. The van der Waals surface area contributed by atoms with Crippen LogP contribution in [0.3, 0.4) is 0 Å². The fourth-order valence-electron chi connectivity index (χ4n) is 2.79. The van der Waals surface area contributed by atoms with Crippen molar-refractivity contribution in [3.8, 4) is 5.75 Å². The van der Waals surface area contributed by atoms with E-state index in [2.05, 4.69) is 10.1 Å². The molecule has 1 N–H and O–H groups in total. The van der Waals surface area contributed by atoms with E-state index in [1.54, 1.807) is 38.1 Å². The van der Waals surface area contributed by atoms with Gasteiger partial charge in [0.1, 0.15) is 11.8 Å². The number of anilines is 2. The van der Waals surface area contributed by atoms with Gasteiger partial charge in [-0.1, -0.05) is 19.1 Å². The number of halogens is 3. The topological polar surface area (TPSA) is 75.7 Å². The second-order valence-electron chi connectivity index (χ2n) is 6.38. The predicted molar refractivity (Wildman–Crippen MR) is 104 cm³/mol. The van der Waals surface area contributed by atoms with Gasteiger partial charge in [0, 0.05) is 5.69 Å². The number of carbonyl (C=O) groups is 1. The molecule has 1 unspecified atom stereocenters. The standard InChI is InChI=1S/C19H21F3N2O4S/c1-4-17(24(29(3,26)27)15-7-5-6-13(2)12-15)18(25)23-14-8-10-16(11-9-14)28-19(20,21)22/h5-12,17H,4H2,1-3H3,(H,23,25). The first-order valence-electron chi connectivity index (χ1n) is 8.63. The number of sulfonamides is 1. The Kier molecular flexibility index (Phi) is 6.78. The number of benzene rings is 2. The summed E-state index contributed by atoms with van der Waals surface area (Å²) in [4.78, 5) is 12.8. The van der Waals surface area contributed by atoms with Crippen molar-refractivity contribution in [1.29, 1.82) is 0 Å². The molecule has 0 heterocycles. The van der Waals surface area contributed by atoms with E-state index in [1.165, 1.54) is 12.1 Å². The van der Waals surface area contributed by atoms with Crippen LogP contribution in [0.25, 0.3) is 0 Å². The third-order valence-electron chi connectivity index (χ3n) is 3.94. The van der Waals surface area contributed by atoms with Crippen molar-refractivity contribution < 1.29 is 31.1 Å². The van der Waals surface area contributed by atoms with Crippen LogP contribution in [0.1, 0.15) is 18.9 Å². The van der Waals surface area contributed by atoms with Gasteiger partial charge in [0.05, 0.1) is 11.9 Å². The molecule has 0 aliphatic heterocycles.